The molecule has 1 unspecified atom stereocenters. The van der Waals surface area contributed by atoms with Crippen molar-refractivity contribution in [1.82, 2.24) is 0 Å². The van der Waals surface area contributed by atoms with Crippen LogP contribution in [0, 0.1) is 0 Å². The Morgan fingerprint density at radius 1 is 1.44 bits per heavy atom. The molecule has 1 N–H and O–H groups in total. The highest BCUT2D eigenvalue weighted by molar-refractivity contribution is 7.84. The van der Waals surface area contributed by atoms with Gasteiger partial charge in [0.25, 0.3) is 0 Å². The van der Waals surface area contributed by atoms with Gasteiger partial charge in [-0.15, -0.1) is 0 Å². The van der Waals surface area contributed by atoms with Gasteiger partial charge in [0.1, 0.15) is 0 Å². The molecular formula is C6H8NOS+. The maximum atomic E-state index is 10.7. The molecule has 1 aromatic heterocycles. The van der Waals surface area contributed by atoms with Gasteiger partial charge in [0.2, 0.25) is 0 Å². The SMILES string of the molecule is CS(=O)c1cc[nH+]cc1. The summed E-state index contributed by atoms with van der Waals surface area (Å²) >= 11 is 0. The molecule has 0 bridgehead atoms. The van der Waals surface area contributed by atoms with E-state index < -0.39 is 10.8 Å². The summed E-state index contributed by atoms with van der Waals surface area (Å²) in [4.78, 5) is 3.71. The standard InChI is InChI=1S/C6H7NOS/c1-9(8)6-2-4-7-5-3-6/h2-5H,1H3/p+1. The van der Waals surface area contributed by atoms with E-state index >= 15 is 0 Å². The quantitative estimate of drug-likeness (QED) is 0.552. The van der Waals surface area contributed by atoms with Crippen LogP contribution in [0.1, 0.15) is 0 Å². The van der Waals surface area contributed by atoms with Gasteiger partial charge >= 0.3 is 0 Å². The fraction of sp³-hybridized carbons (Fsp3) is 0.167. The third-order valence-electron chi connectivity index (χ3n) is 1.02. The Kier molecular flexibility index (Phi) is 1.95. The molecule has 0 spiro atoms. The molecule has 0 fully saturated rings. The Hall–Kier alpha value is -0.700. The number of nitrogens with one attached hydrogen (secondary N) is 1. The molecule has 0 aliphatic rings. The zero-order valence-electron chi connectivity index (χ0n) is 5.13. The Labute approximate surface area is 56.4 Å². The van der Waals surface area contributed by atoms with Crippen LogP contribution in [0.5, 0.6) is 0 Å². The van der Waals surface area contributed by atoms with Gasteiger partial charge in [-0.3, -0.25) is 4.21 Å². The van der Waals surface area contributed by atoms with E-state index in [1.165, 1.54) is 0 Å². The van der Waals surface area contributed by atoms with Crippen molar-refractivity contribution in [2.24, 2.45) is 0 Å². The first-order valence-electron chi connectivity index (χ1n) is 2.60. The molecule has 1 heterocycles. The third kappa shape index (κ3) is 1.61. The van der Waals surface area contributed by atoms with E-state index in [4.69, 9.17) is 0 Å². The van der Waals surface area contributed by atoms with E-state index in [-0.39, 0.29) is 0 Å². The first-order chi connectivity index (χ1) is 4.30. The van der Waals surface area contributed by atoms with Gasteiger partial charge in [0.05, 0.1) is 15.7 Å². The summed E-state index contributed by atoms with van der Waals surface area (Å²) in [6.45, 7) is 0. The normalized spacial score (nSPS) is 13.0. The van der Waals surface area contributed by atoms with Gasteiger partial charge in [0, 0.05) is 18.4 Å². The minimum absolute atomic E-state index is 0.849. The van der Waals surface area contributed by atoms with Crippen molar-refractivity contribution < 1.29 is 9.19 Å². The minimum Gasteiger partial charge on any atom is -0.255 e. The number of H-pyrrole nitrogens is 1. The van der Waals surface area contributed by atoms with Gasteiger partial charge in [-0.2, -0.15) is 0 Å². The largest absolute Gasteiger partial charge is 0.255 e. The molecule has 9 heavy (non-hydrogen) atoms. The van der Waals surface area contributed by atoms with Gasteiger partial charge in [0.15, 0.2) is 12.4 Å². The Balaban J connectivity index is 2.98. The maximum absolute atomic E-state index is 10.7. The number of aromatic amines is 1. The summed E-state index contributed by atoms with van der Waals surface area (Å²) in [6.07, 6.45) is 5.18. The van der Waals surface area contributed by atoms with E-state index in [0.29, 0.717) is 0 Å². The van der Waals surface area contributed by atoms with Crippen LogP contribution >= 0.6 is 0 Å². The van der Waals surface area contributed by atoms with E-state index in [0.717, 1.165) is 4.90 Å². The number of aromatic nitrogens is 1. The van der Waals surface area contributed by atoms with Gasteiger partial charge in [-0.05, 0) is 0 Å². The zero-order valence-corrected chi connectivity index (χ0v) is 5.94. The first-order valence-corrected chi connectivity index (χ1v) is 4.16. The summed E-state index contributed by atoms with van der Waals surface area (Å²) in [7, 11) is -0.849. The topological polar surface area (TPSA) is 31.2 Å². The fourth-order valence-electron chi connectivity index (χ4n) is 0.563. The van der Waals surface area contributed by atoms with E-state index in [1.54, 1.807) is 30.8 Å². The van der Waals surface area contributed by atoms with Crippen molar-refractivity contribution in [3.05, 3.63) is 24.5 Å². The monoisotopic (exact) mass is 142 g/mol. The molecule has 1 atom stereocenters. The summed E-state index contributed by atoms with van der Waals surface area (Å²) in [5, 5.41) is 0. The molecule has 0 aliphatic heterocycles. The van der Waals surface area contributed by atoms with E-state index in [9.17, 15) is 4.21 Å². The highest BCUT2D eigenvalue weighted by atomic mass is 32.2. The van der Waals surface area contributed by atoms with Crippen LogP contribution < -0.4 is 4.98 Å². The number of hydrogen-bond acceptors (Lipinski definition) is 1. The van der Waals surface area contributed by atoms with E-state index in [2.05, 4.69) is 4.98 Å². The highest BCUT2D eigenvalue weighted by Crippen LogP contribution is 1.97. The summed E-state index contributed by atoms with van der Waals surface area (Å²) in [6, 6.07) is 3.60. The third-order valence-corrected chi connectivity index (χ3v) is 1.96. The van der Waals surface area contributed by atoms with Crippen molar-refractivity contribution in [2.75, 3.05) is 6.26 Å². The van der Waals surface area contributed by atoms with Crippen LogP contribution in [0.2, 0.25) is 0 Å². The van der Waals surface area contributed by atoms with Crippen molar-refractivity contribution in [3.8, 4) is 0 Å². The lowest BCUT2D eigenvalue weighted by molar-refractivity contribution is -0.378. The lowest BCUT2D eigenvalue weighted by atomic mass is 10.5. The molecule has 0 radical (unpaired) electrons. The molecule has 3 heteroatoms. The van der Waals surface area contributed by atoms with Crippen molar-refractivity contribution in [2.45, 2.75) is 4.90 Å². The molecule has 0 amide bonds. The van der Waals surface area contributed by atoms with Crippen LogP contribution in [0.4, 0.5) is 0 Å². The predicted molar refractivity (Wildman–Crippen MR) is 35.3 cm³/mol. The second-order valence-electron chi connectivity index (χ2n) is 1.69. The van der Waals surface area contributed by atoms with Crippen LogP contribution in [0.25, 0.3) is 0 Å². The fourth-order valence-corrected chi connectivity index (χ4v) is 1.08. The first kappa shape index (κ1) is 6.42. The van der Waals surface area contributed by atoms with Gasteiger partial charge in [-0.25, -0.2) is 4.98 Å². The lowest BCUT2D eigenvalue weighted by Gasteiger charge is -1.87. The van der Waals surface area contributed by atoms with Gasteiger partial charge in [-0.1, -0.05) is 0 Å². The lowest BCUT2D eigenvalue weighted by Crippen LogP contribution is -1.98. The Bertz CT molecular complexity index is 210. The predicted octanol–water partition coefficient (Wildman–Crippen LogP) is 0.238. The molecular weight excluding hydrogens is 134 g/mol. The zero-order chi connectivity index (χ0) is 6.69. The Morgan fingerprint density at radius 3 is 2.33 bits per heavy atom. The van der Waals surface area contributed by atoms with Crippen LogP contribution in [0.15, 0.2) is 29.4 Å². The molecule has 48 valence electrons. The summed E-state index contributed by atoms with van der Waals surface area (Å²) in [5.41, 5.74) is 0. The average molecular weight is 142 g/mol. The molecule has 1 rings (SSSR count). The molecule has 0 saturated carbocycles. The van der Waals surface area contributed by atoms with Gasteiger partial charge < -0.3 is 0 Å². The molecule has 0 saturated heterocycles. The molecule has 0 aromatic carbocycles. The molecule has 2 nitrogen and oxygen atoms in total. The summed E-state index contributed by atoms with van der Waals surface area (Å²) in [5.74, 6) is 0. The molecule has 1 aromatic rings. The van der Waals surface area contributed by atoms with Crippen molar-refractivity contribution >= 4 is 10.8 Å². The van der Waals surface area contributed by atoms with Crippen molar-refractivity contribution in [3.63, 3.8) is 0 Å². The number of hydrogen-bond donors (Lipinski definition) is 0. The summed E-state index contributed by atoms with van der Waals surface area (Å²) < 4.78 is 10.7. The van der Waals surface area contributed by atoms with Crippen molar-refractivity contribution in [1.29, 1.82) is 0 Å². The Morgan fingerprint density at radius 2 is 2.00 bits per heavy atom. The van der Waals surface area contributed by atoms with Crippen LogP contribution in [-0.4, -0.2) is 10.5 Å². The minimum atomic E-state index is -0.849. The highest BCUT2D eigenvalue weighted by Gasteiger charge is 1.94. The second-order valence-corrected chi connectivity index (χ2v) is 3.07. The maximum Gasteiger partial charge on any atom is 0.168 e. The smallest absolute Gasteiger partial charge is 0.168 e. The second kappa shape index (κ2) is 2.73. The van der Waals surface area contributed by atoms with Crippen LogP contribution in [-0.2, 0) is 10.8 Å². The van der Waals surface area contributed by atoms with Crippen LogP contribution in [0.3, 0.4) is 0 Å². The number of rotatable bonds is 1. The average Bonchev–Trinajstić information content (AvgIpc) is 1.90. The molecule has 0 aliphatic carbocycles. The van der Waals surface area contributed by atoms with E-state index in [1.807, 2.05) is 0 Å². The number of pyridine rings is 1.